The third-order valence-corrected chi connectivity index (χ3v) is 6.06. The minimum Gasteiger partial charge on any atom is -0.480 e. The first kappa shape index (κ1) is 22.1. The molecule has 0 saturated carbocycles. The smallest absolute Gasteiger partial charge is 0.327 e. The molecule has 3 N–H and O–H groups in total. The minimum atomic E-state index is -1.13. The maximum absolute atomic E-state index is 13.0. The number of amides is 1. The number of halogens is 2. The molecule has 1 fully saturated rings. The number of aliphatic carboxylic acids is 1. The van der Waals surface area contributed by atoms with Crippen molar-refractivity contribution in [3.8, 4) is 11.3 Å². The highest BCUT2D eigenvalue weighted by Gasteiger charge is 2.39. The third kappa shape index (κ3) is 4.55. The van der Waals surface area contributed by atoms with Crippen LogP contribution in [-0.4, -0.2) is 38.0 Å². The third-order valence-electron chi connectivity index (χ3n) is 5.02. The molecule has 1 saturated heterocycles. The standard InChI is InChI=1S/C23H17Cl2N3O3S/c24-16-8-6-14(11-17(16)25)18-9-7-15(26-18)12-19-21(29)28(23(32)27-19)20(22(30)31)10-13-4-2-1-3-5-13/h1-9,11-12,20,26H,10H2,(H,27,32)(H,30,31)/b19-12+. The summed E-state index contributed by atoms with van der Waals surface area (Å²) in [6.45, 7) is 0. The maximum Gasteiger partial charge on any atom is 0.327 e. The van der Waals surface area contributed by atoms with Crippen LogP contribution >= 0.6 is 35.4 Å². The lowest BCUT2D eigenvalue weighted by atomic mass is 10.0. The van der Waals surface area contributed by atoms with Crippen molar-refractivity contribution < 1.29 is 14.7 Å². The van der Waals surface area contributed by atoms with E-state index in [-0.39, 0.29) is 17.2 Å². The van der Waals surface area contributed by atoms with Gasteiger partial charge in [0.2, 0.25) is 0 Å². The fraction of sp³-hybridized carbons (Fsp3) is 0.0870. The second kappa shape index (κ2) is 9.16. The number of thiocarbonyl (C=S) groups is 1. The number of carbonyl (C=O) groups is 2. The summed E-state index contributed by atoms with van der Waals surface area (Å²) in [5.41, 5.74) is 3.25. The van der Waals surface area contributed by atoms with E-state index in [1.54, 1.807) is 24.3 Å². The molecule has 0 bridgehead atoms. The number of nitrogens with one attached hydrogen (secondary N) is 2. The molecule has 32 heavy (non-hydrogen) atoms. The molecule has 1 atom stereocenters. The Morgan fingerprint density at radius 1 is 1.09 bits per heavy atom. The normalized spacial score (nSPS) is 15.8. The molecule has 0 aliphatic carbocycles. The van der Waals surface area contributed by atoms with Crippen molar-refractivity contribution in [1.29, 1.82) is 0 Å². The number of hydrogen-bond donors (Lipinski definition) is 3. The first-order chi connectivity index (χ1) is 15.3. The number of aromatic nitrogens is 1. The lowest BCUT2D eigenvalue weighted by molar-refractivity contribution is -0.145. The van der Waals surface area contributed by atoms with Gasteiger partial charge in [-0.3, -0.25) is 9.69 Å². The van der Waals surface area contributed by atoms with Crippen LogP contribution in [0.5, 0.6) is 0 Å². The van der Waals surface area contributed by atoms with Gasteiger partial charge in [0.15, 0.2) is 5.11 Å². The highest BCUT2D eigenvalue weighted by molar-refractivity contribution is 7.80. The van der Waals surface area contributed by atoms with E-state index in [4.69, 9.17) is 35.4 Å². The summed E-state index contributed by atoms with van der Waals surface area (Å²) in [5.74, 6) is -1.63. The summed E-state index contributed by atoms with van der Waals surface area (Å²) >= 11 is 17.3. The van der Waals surface area contributed by atoms with Gasteiger partial charge in [0.05, 0.1) is 10.0 Å². The predicted molar refractivity (Wildman–Crippen MR) is 128 cm³/mol. The first-order valence-electron chi connectivity index (χ1n) is 9.61. The molecular weight excluding hydrogens is 469 g/mol. The average Bonchev–Trinajstić information content (AvgIpc) is 3.34. The number of carboxylic acids is 1. The molecule has 2 aromatic carbocycles. The zero-order chi connectivity index (χ0) is 22.8. The monoisotopic (exact) mass is 485 g/mol. The Balaban J connectivity index is 1.57. The zero-order valence-electron chi connectivity index (χ0n) is 16.5. The quantitative estimate of drug-likeness (QED) is 0.346. The fourth-order valence-corrected chi connectivity index (χ4v) is 4.06. The first-order valence-corrected chi connectivity index (χ1v) is 10.8. The molecule has 4 rings (SSSR count). The number of hydrogen-bond acceptors (Lipinski definition) is 3. The second-order valence-electron chi connectivity index (χ2n) is 7.16. The molecule has 2 heterocycles. The van der Waals surface area contributed by atoms with Gasteiger partial charge in [-0.15, -0.1) is 0 Å². The van der Waals surface area contributed by atoms with Crippen LogP contribution in [0.15, 0.2) is 66.4 Å². The van der Waals surface area contributed by atoms with E-state index in [0.29, 0.717) is 15.7 Å². The Morgan fingerprint density at radius 2 is 1.84 bits per heavy atom. The topological polar surface area (TPSA) is 85.4 Å². The number of carbonyl (C=O) groups excluding carboxylic acids is 1. The van der Waals surface area contributed by atoms with Crippen LogP contribution in [0.25, 0.3) is 17.3 Å². The van der Waals surface area contributed by atoms with E-state index in [2.05, 4.69) is 10.3 Å². The molecule has 1 amide bonds. The van der Waals surface area contributed by atoms with Crippen molar-refractivity contribution in [3.05, 3.63) is 87.7 Å². The van der Waals surface area contributed by atoms with Crippen LogP contribution in [0, 0.1) is 0 Å². The summed E-state index contributed by atoms with van der Waals surface area (Å²) in [6.07, 6.45) is 1.73. The molecule has 6 nitrogen and oxygen atoms in total. The number of benzene rings is 2. The molecule has 1 aliphatic heterocycles. The molecule has 1 aliphatic rings. The van der Waals surface area contributed by atoms with E-state index < -0.39 is 17.9 Å². The Bertz CT molecular complexity index is 1240. The van der Waals surface area contributed by atoms with Crippen LogP contribution in [0.1, 0.15) is 11.3 Å². The maximum atomic E-state index is 13.0. The summed E-state index contributed by atoms with van der Waals surface area (Å²) in [7, 11) is 0. The van der Waals surface area contributed by atoms with Crippen LogP contribution in [-0.2, 0) is 16.0 Å². The Kier molecular flexibility index (Phi) is 6.32. The SMILES string of the molecule is O=C(O)C(Cc1ccccc1)N1C(=O)/C(=C\c2ccc(-c3ccc(Cl)c(Cl)c3)[nH]2)NC1=S. The number of H-pyrrole nitrogens is 1. The molecular formula is C23H17Cl2N3O3S. The van der Waals surface area contributed by atoms with E-state index >= 15 is 0 Å². The number of aromatic amines is 1. The van der Waals surface area contributed by atoms with Gasteiger partial charge in [0.25, 0.3) is 5.91 Å². The van der Waals surface area contributed by atoms with Gasteiger partial charge in [0, 0.05) is 17.8 Å². The van der Waals surface area contributed by atoms with Gasteiger partial charge in [-0.2, -0.15) is 0 Å². The van der Waals surface area contributed by atoms with E-state index in [1.807, 2.05) is 42.5 Å². The molecule has 0 radical (unpaired) electrons. The van der Waals surface area contributed by atoms with Crippen LogP contribution in [0.3, 0.4) is 0 Å². The van der Waals surface area contributed by atoms with Gasteiger partial charge in [-0.1, -0.05) is 59.6 Å². The van der Waals surface area contributed by atoms with E-state index in [0.717, 1.165) is 21.7 Å². The summed E-state index contributed by atoms with van der Waals surface area (Å²) in [6, 6.07) is 16.9. The van der Waals surface area contributed by atoms with Crippen LogP contribution in [0.4, 0.5) is 0 Å². The van der Waals surface area contributed by atoms with Crippen LogP contribution < -0.4 is 5.32 Å². The highest BCUT2D eigenvalue weighted by atomic mass is 35.5. The Labute approximate surface area is 199 Å². The molecule has 0 spiro atoms. The van der Waals surface area contributed by atoms with Gasteiger partial charge in [0.1, 0.15) is 11.7 Å². The van der Waals surface area contributed by atoms with Gasteiger partial charge >= 0.3 is 5.97 Å². The molecule has 162 valence electrons. The predicted octanol–water partition coefficient (Wildman–Crippen LogP) is 4.74. The van der Waals surface area contributed by atoms with Crippen molar-refractivity contribution in [3.63, 3.8) is 0 Å². The van der Waals surface area contributed by atoms with Crippen molar-refractivity contribution in [2.75, 3.05) is 0 Å². The van der Waals surface area contributed by atoms with Crippen molar-refractivity contribution in [2.24, 2.45) is 0 Å². The largest absolute Gasteiger partial charge is 0.480 e. The number of carboxylic acid groups (broad SMARTS) is 1. The van der Waals surface area contributed by atoms with E-state index in [1.165, 1.54) is 0 Å². The molecule has 9 heteroatoms. The van der Waals surface area contributed by atoms with Crippen molar-refractivity contribution in [1.82, 2.24) is 15.2 Å². The Morgan fingerprint density at radius 3 is 2.53 bits per heavy atom. The van der Waals surface area contributed by atoms with Crippen molar-refractivity contribution in [2.45, 2.75) is 12.5 Å². The summed E-state index contributed by atoms with van der Waals surface area (Å²) < 4.78 is 0. The van der Waals surface area contributed by atoms with Crippen molar-refractivity contribution >= 4 is 58.5 Å². The lowest BCUT2D eigenvalue weighted by Crippen LogP contribution is -2.46. The second-order valence-corrected chi connectivity index (χ2v) is 8.36. The average molecular weight is 486 g/mol. The highest BCUT2D eigenvalue weighted by Crippen LogP contribution is 2.28. The summed E-state index contributed by atoms with van der Waals surface area (Å²) in [4.78, 5) is 29.3. The molecule has 3 aromatic rings. The van der Waals surface area contributed by atoms with Gasteiger partial charge < -0.3 is 15.4 Å². The summed E-state index contributed by atoms with van der Waals surface area (Å²) in [5, 5.41) is 13.5. The lowest BCUT2D eigenvalue weighted by Gasteiger charge is -2.22. The Hall–Kier alpha value is -3.13. The molecule has 1 unspecified atom stereocenters. The van der Waals surface area contributed by atoms with E-state index in [9.17, 15) is 14.7 Å². The zero-order valence-corrected chi connectivity index (χ0v) is 18.8. The fourth-order valence-electron chi connectivity index (χ4n) is 3.44. The minimum absolute atomic E-state index is 0.0563. The molecule has 1 aromatic heterocycles. The van der Waals surface area contributed by atoms with Gasteiger partial charge in [-0.25, -0.2) is 4.79 Å². The van der Waals surface area contributed by atoms with Gasteiger partial charge in [-0.05, 0) is 53.7 Å². The number of nitrogens with zero attached hydrogens (tertiary/aromatic N) is 1. The number of rotatable bonds is 6. The van der Waals surface area contributed by atoms with Crippen LogP contribution in [0.2, 0.25) is 10.0 Å².